The fourth-order valence-corrected chi connectivity index (χ4v) is 1.21. The summed E-state index contributed by atoms with van der Waals surface area (Å²) in [6, 6.07) is 0. The first-order valence-electron chi connectivity index (χ1n) is 5.00. The van der Waals surface area contributed by atoms with E-state index in [0.717, 1.165) is 0 Å². The molecule has 0 heterocycles. The van der Waals surface area contributed by atoms with Gasteiger partial charge in [0.2, 0.25) is 29.1 Å². The van der Waals surface area contributed by atoms with Crippen molar-refractivity contribution >= 4 is 5.78 Å². The van der Waals surface area contributed by atoms with E-state index in [4.69, 9.17) is 0 Å². The van der Waals surface area contributed by atoms with Crippen LogP contribution in [-0.2, 0) is 4.79 Å². The third-order valence-corrected chi connectivity index (χ3v) is 2.09. The van der Waals surface area contributed by atoms with Gasteiger partial charge < -0.3 is 9.53 Å². The Hall–Kier alpha value is -1.66. The quantitative estimate of drug-likeness (QED) is 0.355. The predicted octanol–water partition coefficient (Wildman–Crippen LogP) is 3.13. The molecule has 1 rings (SSSR count). The molecule has 0 aromatic heterocycles. The van der Waals surface area contributed by atoms with Crippen LogP contribution in [0, 0.1) is 29.1 Å². The minimum Gasteiger partial charge on any atom is -0.487 e. The van der Waals surface area contributed by atoms with Crippen molar-refractivity contribution in [2.75, 3.05) is 6.61 Å². The summed E-state index contributed by atoms with van der Waals surface area (Å²) < 4.78 is 68.8. The predicted molar refractivity (Wildman–Crippen MR) is 51.6 cm³/mol. The molecule has 0 radical (unpaired) electrons. The summed E-state index contributed by atoms with van der Waals surface area (Å²) in [5, 5.41) is 0. The van der Waals surface area contributed by atoms with E-state index in [-0.39, 0.29) is 25.2 Å². The lowest BCUT2D eigenvalue weighted by Gasteiger charge is -2.09. The number of rotatable bonds is 5. The monoisotopic (exact) mass is 268 g/mol. The number of ether oxygens (including phenoxy) is 1. The molecule has 1 aromatic carbocycles. The highest BCUT2D eigenvalue weighted by Crippen LogP contribution is 2.29. The number of hydrogen-bond donors (Lipinski definition) is 0. The largest absolute Gasteiger partial charge is 0.487 e. The molecule has 0 aliphatic heterocycles. The maximum absolute atomic E-state index is 13.1. The van der Waals surface area contributed by atoms with Crippen molar-refractivity contribution in [2.45, 2.75) is 19.8 Å². The Morgan fingerprint density at radius 2 is 1.39 bits per heavy atom. The zero-order valence-corrected chi connectivity index (χ0v) is 9.33. The second kappa shape index (κ2) is 5.79. The van der Waals surface area contributed by atoms with Crippen molar-refractivity contribution in [1.29, 1.82) is 0 Å². The molecule has 0 N–H and O–H groups in total. The molecule has 1 aromatic rings. The topological polar surface area (TPSA) is 26.3 Å². The Labute approximate surface area is 99.4 Å². The van der Waals surface area contributed by atoms with Gasteiger partial charge in [-0.2, -0.15) is 8.78 Å². The van der Waals surface area contributed by atoms with Crippen molar-refractivity contribution in [3.63, 3.8) is 0 Å². The Kier molecular flexibility index (Phi) is 4.63. The van der Waals surface area contributed by atoms with Crippen LogP contribution >= 0.6 is 0 Å². The van der Waals surface area contributed by atoms with Crippen LogP contribution in [0.1, 0.15) is 19.8 Å². The van der Waals surface area contributed by atoms with Gasteiger partial charge in [0.25, 0.3) is 0 Å². The van der Waals surface area contributed by atoms with Crippen LogP contribution < -0.4 is 4.74 Å². The maximum atomic E-state index is 13.1. The normalized spacial score (nSPS) is 10.6. The number of halogens is 5. The molecule has 0 unspecified atom stereocenters. The maximum Gasteiger partial charge on any atom is 0.206 e. The van der Waals surface area contributed by atoms with Crippen molar-refractivity contribution in [1.82, 2.24) is 0 Å². The van der Waals surface area contributed by atoms with Crippen LogP contribution in [0.3, 0.4) is 0 Å². The van der Waals surface area contributed by atoms with Crippen LogP contribution in [0.15, 0.2) is 0 Å². The van der Waals surface area contributed by atoms with Crippen LogP contribution in [-0.4, -0.2) is 12.4 Å². The van der Waals surface area contributed by atoms with Gasteiger partial charge in [0, 0.05) is 6.42 Å². The van der Waals surface area contributed by atoms with Crippen LogP contribution in [0.25, 0.3) is 0 Å². The summed E-state index contributed by atoms with van der Waals surface area (Å²) in [5.74, 6) is -11.9. The van der Waals surface area contributed by atoms with E-state index >= 15 is 0 Å². The molecule has 0 aliphatic rings. The number of hydrogen-bond acceptors (Lipinski definition) is 2. The molecule has 7 heteroatoms. The number of carbonyl (C=O) groups excluding carboxylic acids is 1. The van der Waals surface area contributed by atoms with E-state index in [1.54, 1.807) is 0 Å². The number of Topliss-reactive ketones (excluding diaryl/α,β-unsaturated/α-hetero) is 1. The fourth-order valence-electron chi connectivity index (χ4n) is 1.21. The molecular weight excluding hydrogens is 259 g/mol. The minimum atomic E-state index is -2.24. The summed E-state index contributed by atoms with van der Waals surface area (Å²) in [7, 11) is 0. The van der Waals surface area contributed by atoms with Crippen molar-refractivity contribution in [3.05, 3.63) is 29.1 Å². The standard InChI is InChI=1S/C11H9F5O2/c1-5(17)3-2-4-18-11-9(15)7(13)6(12)8(14)10(11)16/h2-4H2,1H3. The van der Waals surface area contributed by atoms with Gasteiger partial charge >= 0.3 is 0 Å². The van der Waals surface area contributed by atoms with Crippen LogP contribution in [0.4, 0.5) is 22.0 Å². The third-order valence-electron chi connectivity index (χ3n) is 2.09. The minimum absolute atomic E-state index is 0.0927. The Morgan fingerprint density at radius 3 is 1.83 bits per heavy atom. The summed E-state index contributed by atoms with van der Waals surface area (Å²) in [4.78, 5) is 10.6. The summed E-state index contributed by atoms with van der Waals surface area (Å²) in [5.41, 5.74) is 0. The van der Waals surface area contributed by atoms with Gasteiger partial charge in [-0.25, -0.2) is 13.2 Å². The highest BCUT2D eigenvalue weighted by Gasteiger charge is 2.26. The van der Waals surface area contributed by atoms with Crippen LogP contribution in [0.2, 0.25) is 0 Å². The van der Waals surface area contributed by atoms with E-state index < -0.39 is 34.8 Å². The second-order valence-electron chi connectivity index (χ2n) is 3.55. The fraction of sp³-hybridized carbons (Fsp3) is 0.364. The molecule has 0 spiro atoms. The lowest BCUT2D eigenvalue weighted by atomic mass is 10.2. The molecule has 0 saturated heterocycles. The van der Waals surface area contributed by atoms with Crippen molar-refractivity contribution in [2.24, 2.45) is 0 Å². The number of benzene rings is 1. The van der Waals surface area contributed by atoms with E-state index in [2.05, 4.69) is 4.74 Å². The zero-order valence-electron chi connectivity index (χ0n) is 9.33. The molecule has 100 valence electrons. The van der Waals surface area contributed by atoms with Gasteiger partial charge in [0.1, 0.15) is 5.78 Å². The molecule has 0 aliphatic carbocycles. The number of carbonyl (C=O) groups is 1. The van der Waals surface area contributed by atoms with Crippen molar-refractivity contribution < 1.29 is 31.5 Å². The van der Waals surface area contributed by atoms with Gasteiger partial charge in [-0.05, 0) is 13.3 Å². The summed E-state index contributed by atoms with van der Waals surface area (Å²) in [6.07, 6.45) is 0.213. The molecule has 2 nitrogen and oxygen atoms in total. The van der Waals surface area contributed by atoms with E-state index in [1.165, 1.54) is 6.92 Å². The van der Waals surface area contributed by atoms with Gasteiger partial charge in [0.05, 0.1) is 6.61 Å². The van der Waals surface area contributed by atoms with Crippen molar-refractivity contribution in [3.8, 4) is 5.75 Å². The Balaban J connectivity index is 2.86. The Morgan fingerprint density at radius 1 is 0.944 bits per heavy atom. The SMILES string of the molecule is CC(=O)CCCOc1c(F)c(F)c(F)c(F)c1F. The van der Waals surface area contributed by atoms with Gasteiger partial charge in [-0.1, -0.05) is 0 Å². The molecule has 0 amide bonds. The molecule has 0 fully saturated rings. The first kappa shape index (κ1) is 14.4. The zero-order chi connectivity index (χ0) is 13.9. The highest BCUT2D eigenvalue weighted by molar-refractivity contribution is 5.75. The van der Waals surface area contributed by atoms with Gasteiger partial charge in [-0.15, -0.1) is 0 Å². The van der Waals surface area contributed by atoms with Gasteiger partial charge in [-0.3, -0.25) is 0 Å². The van der Waals surface area contributed by atoms with E-state index in [0.29, 0.717) is 0 Å². The molecule has 0 atom stereocenters. The molecule has 0 saturated carbocycles. The first-order chi connectivity index (χ1) is 8.36. The first-order valence-corrected chi connectivity index (χ1v) is 5.00. The highest BCUT2D eigenvalue weighted by atomic mass is 19.2. The summed E-state index contributed by atoms with van der Waals surface area (Å²) >= 11 is 0. The van der Waals surface area contributed by atoms with Gasteiger partial charge in [0.15, 0.2) is 5.75 Å². The van der Waals surface area contributed by atoms with E-state index in [1.807, 2.05) is 0 Å². The smallest absolute Gasteiger partial charge is 0.206 e. The lowest BCUT2D eigenvalue weighted by Crippen LogP contribution is -2.08. The lowest BCUT2D eigenvalue weighted by molar-refractivity contribution is -0.117. The molecule has 0 bridgehead atoms. The number of ketones is 1. The average molecular weight is 268 g/mol. The summed E-state index contributed by atoms with van der Waals surface area (Å²) in [6.45, 7) is 0.982. The second-order valence-corrected chi connectivity index (χ2v) is 3.55. The van der Waals surface area contributed by atoms with E-state index in [9.17, 15) is 26.7 Å². The third kappa shape index (κ3) is 2.96. The van der Waals surface area contributed by atoms with Crippen LogP contribution in [0.5, 0.6) is 5.75 Å². The average Bonchev–Trinajstić information content (AvgIpc) is 2.32. The Bertz CT molecular complexity index is 444. The molecular formula is C11H9F5O2. The molecule has 18 heavy (non-hydrogen) atoms.